The molecule has 0 radical (unpaired) electrons. The molecule has 0 aromatic heterocycles. The summed E-state index contributed by atoms with van der Waals surface area (Å²) in [6, 6.07) is 5.39. The average molecular weight is 334 g/mol. The van der Waals surface area contributed by atoms with Gasteiger partial charge in [0.25, 0.3) is 0 Å². The quantitative estimate of drug-likeness (QED) is 0.856. The van der Waals surface area contributed by atoms with Gasteiger partial charge in [-0.15, -0.1) is 0 Å². The maximum absolute atomic E-state index is 12.7. The maximum Gasteiger partial charge on any atom is 0.420 e. The van der Waals surface area contributed by atoms with Crippen molar-refractivity contribution >= 4 is 29.2 Å². The summed E-state index contributed by atoms with van der Waals surface area (Å²) in [6.07, 6.45) is 2.13. The highest BCUT2D eigenvalue weighted by Gasteiger charge is 2.54. The number of carbonyl (C=O) groups excluding carboxylic acids is 1. The number of nitrogens with one attached hydrogen (secondary N) is 1. The Morgan fingerprint density at radius 1 is 1.35 bits per heavy atom. The first-order valence-corrected chi connectivity index (χ1v) is 8.45. The molecule has 122 valence electrons. The van der Waals surface area contributed by atoms with Crippen molar-refractivity contribution in [2.75, 3.05) is 24.5 Å². The van der Waals surface area contributed by atoms with Crippen LogP contribution in [-0.2, 0) is 4.74 Å². The van der Waals surface area contributed by atoms with E-state index in [4.69, 9.17) is 21.7 Å². The molecule has 0 aliphatic carbocycles. The van der Waals surface area contributed by atoms with Crippen LogP contribution < -0.4 is 4.90 Å². The van der Waals surface area contributed by atoms with E-state index in [1.54, 1.807) is 6.07 Å². The lowest BCUT2D eigenvalue weighted by atomic mass is 9.72. The van der Waals surface area contributed by atoms with Crippen LogP contribution in [0.5, 0.6) is 0 Å². The Labute approximate surface area is 140 Å². The molecule has 23 heavy (non-hydrogen) atoms. The average Bonchev–Trinajstić information content (AvgIpc) is 2.51. The molecule has 1 aromatic carbocycles. The van der Waals surface area contributed by atoms with Gasteiger partial charge in [0.2, 0.25) is 0 Å². The molecule has 1 unspecified atom stereocenters. The molecule has 1 atom stereocenters. The number of aryl methyl sites for hydroxylation is 1. The molecule has 4 aliphatic heterocycles. The van der Waals surface area contributed by atoms with Crippen molar-refractivity contribution in [2.24, 2.45) is 5.92 Å². The van der Waals surface area contributed by atoms with Crippen molar-refractivity contribution < 1.29 is 9.53 Å². The van der Waals surface area contributed by atoms with Crippen LogP contribution >= 0.6 is 11.6 Å². The van der Waals surface area contributed by atoms with Gasteiger partial charge in [0, 0.05) is 23.9 Å². The number of rotatable bonds is 1. The van der Waals surface area contributed by atoms with Crippen LogP contribution in [0.4, 0.5) is 10.5 Å². The Bertz CT molecular complexity index is 664. The first-order chi connectivity index (χ1) is 11.0. The van der Waals surface area contributed by atoms with Crippen LogP contribution in [0.1, 0.15) is 24.8 Å². The molecule has 1 amide bonds. The van der Waals surface area contributed by atoms with Crippen molar-refractivity contribution in [2.45, 2.75) is 31.8 Å². The van der Waals surface area contributed by atoms with E-state index in [-0.39, 0.29) is 0 Å². The van der Waals surface area contributed by atoms with Crippen molar-refractivity contribution in [3.8, 4) is 0 Å². The van der Waals surface area contributed by atoms with E-state index in [2.05, 4.69) is 4.90 Å². The van der Waals surface area contributed by atoms with Crippen LogP contribution in [0.15, 0.2) is 18.2 Å². The molecular formula is C17H20ClN3O2. The number of carbonyl (C=O) groups is 1. The number of hydrogen-bond acceptors (Lipinski definition) is 4. The molecule has 5 nitrogen and oxygen atoms in total. The van der Waals surface area contributed by atoms with Crippen molar-refractivity contribution in [3.05, 3.63) is 28.8 Å². The lowest BCUT2D eigenvalue weighted by Crippen LogP contribution is -2.66. The van der Waals surface area contributed by atoms with Gasteiger partial charge >= 0.3 is 6.09 Å². The number of piperidine rings is 3. The van der Waals surface area contributed by atoms with Crippen molar-refractivity contribution in [1.29, 1.82) is 5.41 Å². The highest BCUT2D eigenvalue weighted by Crippen LogP contribution is 2.44. The van der Waals surface area contributed by atoms with E-state index in [1.807, 2.05) is 19.1 Å². The molecule has 4 saturated heterocycles. The second kappa shape index (κ2) is 5.21. The Balaban J connectivity index is 1.63. The summed E-state index contributed by atoms with van der Waals surface area (Å²) >= 11 is 6.17. The standard InChI is InChI=1S/C17H20ClN3O2/c1-11-2-3-13(8-14(11)18)21-15(19)9-17(23-16(21)22)10-20-6-4-12(17)5-7-20/h2-3,8,12,19H,4-7,9-10H2,1H3. The number of fused-ring (bicyclic) bond motifs is 2. The lowest BCUT2D eigenvalue weighted by Gasteiger charge is -2.54. The molecule has 1 aromatic rings. The van der Waals surface area contributed by atoms with Crippen LogP contribution in [-0.4, -0.2) is 42.1 Å². The summed E-state index contributed by atoms with van der Waals surface area (Å²) in [5, 5.41) is 9.03. The zero-order valence-electron chi connectivity index (χ0n) is 13.1. The normalized spacial score (nSPS) is 33.2. The van der Waals surface area contributed by atoms with Crippen LogP contribution in [0.25, 0.3) is 0 Å². The number of anilines is 1. The fourth-order valence-electron chi connectivity index (χ4n) is 4.15. The van der Waals surface area contributed by atoms with E-state index in [0.717, 1.165) is 38.0 Å². The molecule has 4 fully saturated rings. The largest absolute Gasteiger partial charge is 0.440 e. The summed E-state index contributed by atoms with van der Waals surface area (Å²) in [5.74, 6) is 0.676. The number of halogens is 1. The number of nitrogens with zero attached hydrogens (tertiary/aromatic N) is 2. The second-order valence-electron chi connectivity index (χ2n) is 6.88. The first kappa shape index (κ1) is 15.0. The van der Waals surface area contributed by atoms with E-state index < -0.39 is 11.7 Å². The van der Waals surface area contributed by atoms with Gasteiger partial charge in [-0.25, -0.2) is 9.69 Å². The molecule has 5 rings (SSSR count). The van der Waals surface area contributed by atoms with Crippen molar-refractivity contribution in [1.82, 2.24) is 4.90 Å². The number of amides is 1. The van der Waals surface area contributed by atoms with Gasteiger partial charge in [0.15, 0.2) is 0 Å². The van der Waals surface area contributed by atoms with Crippen LogP contribution in [0, 0.1) is 18.3 Å². The summed E-state index contributed by atoms with van der Waals surface area (Å²) in [7, 11) is 0. The highest BCUT2D eigenvalue weighted by molar-refractivity contribution is 6.32. The SMILES string of the molecule is Cc1ccc(N2C(=N)CC3(CN4CCC3CC4)OC2=O)cc1Cl. The zero-order chi connectivity index (χ0) is 16.2. The third-order valence-corrected chi connectivity index (χ3v) is 5.85. The van der Waals surface area contributed by atoms with Gasteiger partial charge in [0.1, 0.15) is 11.4 Å². The molecule has 6 heteroatoms. The predicted octanol–water partition coefficient (Wildman–Crippen LogP) is 3.44. The van der Waals surface area contributed by atoms with Crippen molar-refractivity contribution in [3.63, 3.8) is 0 Å². The van der Waals surface area contributed by atoms with E-state index in [0.29, 0.717) is 28.9 Å². The van der Waals surface area contributed by atoms with Gasteiger partial charge in [-0.2, -0.15) is 0 Å². The number of hydrogen-bond donors (Lipinski definition) is 1. The monoisotopic (exact) mass is 333 g/mol. The van der Waals surface area contributed by atoms with Gasteiger partial charge in [0.05, 0.1) is 5.69 Å². The number of amidine groups is 1. The minimum absolute atomic E-state index is 0.301. The highest BCUT2D eigenvalue weighted by atomic mass is 35.5. The van der Waals surface area contributed by atoms with Gasteiger partial charge in [-0.05, 0) is 50.6 Å². The van der Waals surface area contributed by atoms with Crippen LogP contribution in [0.2, 0.25) is 5.02 Å². The Morgan fingerprint density at radius 2 is 2.09 bits per heavy atom. The minimum atomic E-state index is -0.504. The number of ether oxygens (including phenoxy) is 1. The summed E-state index contributed by atoms with van der Waals surface area (Å²) in [4.78, 5) is 16.3. The summed E-state index contributed by atoms with van der Waals surface area (Å²) in [6.45, 7) is 4.83. The van der Waals surface area contributed by atoms with Crippen LogP contribution in [0.3, 0.4) is 0 Å². The second-order valence-corrected chi connectivity index (χ2v) is 7.28. The van der Waals surface area contributed by atoms with E-state index >= 15 is 0 Å². The molecule has 4 aliphatic rings. The van der Waals surface area contributed by atoms with Gasteiger partial charge in [-0.1, -0.05) is 17.7 Å². The Morgan fingerprint density at radius 3 is 2.65 bits per heavy atom. The summed E-state index contributed by atoms with van der Waals surface area (Å²) in [5.41, 5.74) is 1.04. The lowest BCUT2D eigenvalue weighted by molar-refractivity contribution is -0.113. The summed E-state index contributed by atoms with van der Waals surface area (Å²) < 4.78 is 5.92. The smallest absolute Gasteiger partial charge is 0.420 e. The maximum atomic E-state index is 12.7. The molecule has 1 spiro atoms. The molecular weight excluding hydrogens is 314 g/mol. The third kappa shape index (κ3) is 2.34. The number of benzene rings is 1. The van der Waals surface area contributed by atoms with Gasteiger partial charge in [-0.3, -0.25) is 10.3 Å². The molecule has 1 N–H and O–H groups in total. The zero-order valence-corrected chi connectivity index (χ0v) is 13.9. The molecule has 0 saturated carbocycles. The molecule has 2 bridgehead atoms. The van der Waals surface area contributed by atoms with E-state index in [9.17, 15) is 4.79 Å². The minimum Gasteiger partial charge on any atom is -0.440 e. The predicted molar refractivity (Wildman–Crippen MR) is 89.4 cm³/mol. The fourth-order valence-corrected chi connectivity index (χ4v) is 4.33. The topological polar surface area (TPSA) is 56.6 Å². The van der Waals surface area contributed by atoms with E-state index in [1.165, 1.54) is 4.90 Å². The van der Waals surface area contributed by atoms with Gasteiger partial charge < -0.3 is 4.74 Å². The first-order valence-electron chi connectivity index (χ1n) is 8.07. The third-order valence-electron chi connectivity index (χ3n) is 5.45. The Kier molecular flexibility index (Phi) is 3.39. The fraction of sp³-hybridized carbons (Fsp3) is 0.529. The molecule has 4 heterocycles. The Hall–Kier alpha value is -1.59.